The smallest absolute Gasteiger partial charge is 0.251 e. The predicted molar refractivity (Wildman–Crippen MR) is 74.2 cm³/mol. The molecule has 1 rings (SSSR count). The van der Waals surface area contributed by atoms with E-state index < -0.39 is 0 Å². The molecule has 1 heterocycles. The Labute approximate surface area is 114 Å². The fourth-order valence-corrected chi connectivity index (χ4v) is 1.17. The highest BCUT2D eigenvalue weighted by Crippen LogP contribution is 1.94. The van der Waals surface area contributed by atoms with Crippen LogP contribution in [0.3, 0.4) is 0 Å². The molecular formula is C11H19Cl2N3O. The molecule has 0 radical (unpaired) electrons. The molecule has 0 aromatic carbocycles. The lowest BCUT2D eigenvalue weighted by Crippen LogP contribution is -2.32. The number of halogens is 2. The van der Waals surface area contributed by atoms with Crippen LogP contribution in [0.2, 0.25) is 0 Å². The number of aromatic nitrogens is 1. The standard InChI is InChI=1S/C11H17N3O.2ClH/c1-2-5-12-8-9-14-11(15)10-3-6-13-7-4-10;;/h3-4,6-7,12H,2,5,8-9H2,1H3,(H,14,15);2*1H. The summed E-state index contributed by atoms with van der Waals surface area (Å²) < 4.78 is 0. The summed E-state index contributed by atoms with van der Waals surface area (Å²) >= 11 is 0. The number of rotatable bonds is 6. The van der Waals surface area contributed by atoms with E-state index in [1.807, 2.05) is 0 Å². The molecule has 0 spiro atoms. The normalized spacial score (nSPS) is 8.76. The van der Waals surface area contributed by atoms with Crippen LogP contribution in [0.15, 0.2) is 24.5 Å². The van der Waals surface area contributed by atoms with Crippen molar-refractivity contribution in [3.05, 3.63) is 30.1 Å². The average molecular weight is 280 g/mol. The Hall–Kier alpha value is -0.840. The Morgan fingerprint density at radius 1 is 1.18 bits per heavy atom. The van der Waals surface area contributed by atoms with Crippen molar-refractivity contribution < 1.29 is 4.79 Å². The van der Waals surface area contributed by atoms with Gasteiger partial charge in [-0.05, 0) is 25.1 Å². The van der Waals surface area contributed by atoms with Crippen LogP contribution in [0.1, 0.15) is 23.7 Å². The minimum atomic E-state index is -0.0456. The summed E-state index contributed by atoms with van der Waals surface area (Å²) in [5, 5.41) is 6.04. The molecule has 0 aliphatic heterocycles. The van der Waals surface area contributed by atoms with Crippen LogP contribution < -0.4 is 10.6 Å². The molecule has 0 saturated carbocycles. The summed E-state index contributed by atoms with van der Waals surface area (Å²) in [6.45, 7) is 4.57. The van der Waals surface area contributed by atoms with E-state index >= 15 is 0 Å². The SMILES string of the molecule is CCCNCCNC(=O)c1ccncc1.Cl.Cl. The number of amides is 1. The van der Waals surface area contributed by atoms with Crippen LogP contribution in [-0.4, -0.2) is 30.5 Å². The van der Waals surface area contributed by atoms with Gasteiger partial charge in [-0.3, -0.25) is 9.78 Å². The van der Waals surface area contributed by atoms with Gasteiger partial charge >= 0.3 is 0 Å². The van der Waals surface area contributed by atoms with E-state index in [1.54, 1.807) is 24.5 Å². The molecule has 0 unspecified atom stereocenters. The van der Waals surface area contributed by atoms with Gasteiger partial charge in [-0.25, -0.2) is 0 Å². The van der Waals surface area contributed by atoms with Crippen molar-refractivity contribution in [2.24, 2.45) is 0 Å². The number of carbonyl (C=O) groups excluding carboxylic acids is 1. The average Bonchev–Trinajstić information content (AvgIpc) is 2.30. The molecule has 0 saturated heterocycles. The molecule has 2 N–H and O–H groups in total. The van der Waals surface area contributed by atoms with Crippen LogP contribution >= 0.6 is 24.8 Å². The molecule has 0 atom stereocenters. The highest BCUT2D eigenvalue weighted by atomic mass is 35.5. The Morgan fingerprint density at radius 2 is 1.82 bits per heavy atom. The Morgan fingerprint density at radius 3 is 2.41 bits per heavy atom. The molecule has 4 nitrogen and oxygen atoms in total. The molecule has 1 aromatic rings. The minimum Gasteiger partial charge on any atom is -0.351 e. The number of nitrogens with zero attached hydrogens (tertiary/aromatic N) is 1. The zero-order valence-electron chi connectivity index (χ0n) is 9.81. The fraction of sp³-hybridized carbons (Fsp3) is 0.455. The summed E-state index contributed by atoms with van der Waals surface area (Å²) in [6, 6.07) is 3.41. The molecule has 1 amide bonds. The molecule has 6 heteroatoms. The van der Waals surface area contributed by atoms with Gasteiger partial charge in [0.05, 0.1) is 0 Å². The van der Waals surface area contributed by atoms with Crippen molar-refractivity contribution in [3.63, 3.8) is 0 Å². The number of nitrogens with one attached hydrogen (secondary N) is 2. The van der Waals surface area contributed by atoms with E-state index in [1.165, 1.54) is 0 Å². The molecule has 1 aromatic heterocycles. The number of pyridine rings is 1. The number of hydrogen-bond acceptors (Lipinski definition) is 3. The molecule has 0 bridgehead atoms. The Balaban J connectivity index is 0. The lowest BCUT2D eigenvalue weighted by atomic mass is 10.2. The van der Waals surface area contributed by atoms with Crippen LogP contribution in [0.4, 0.5) is 0 Å². The lowest BCUT2D eigenvalue weighted by molar-refractivity contribution is 0.0954. The van der Waals surface area contributed by atoms with Crippen molar-refractivity contribution in [1.29, 1.82) is 0 Å². The van der Waals surface area contributed by atoms with E-state index in [0.717, 1.165) is 19.5 Å². The van der Waals surface area contributed by atoms with Gasteiger partial charge in [-0.15, -0.1) is 24.8 Å². The van der Waals surface area contributed by atoms with Gasteiger partial charge in [0.2, 0.25) is 0 Å². The zero-order chi connectivity index (χ0) is 10.9. The Bertz CT molecular complexity index is 296. The van der Waals surface area contributed by atoms with Crippen molar-refractivity contribution in [3.8, 4) is 0 Å². The third kappa shape index (κ3) is 7.96. The van der Waals surface area contributed by atoms with Crippen molar-refractivity contribution in [2.75, 3.05) is 19.6 Å². The van der Waals surface area contributed by atoms with Crippen LogP contribution in [0, 0.1) is 0 Å². The summed E-state index contributed by atoms with van der Waals surface area (Å²) in [6.07, 6.45) is 4.34. The van der Waals surface area contributed by atoms with Crippen molar-refractivity contribution in [1.82, 2.24) is 15.6 Å². The second-order valence-corrected chi connectivity index (χ2v) is 3.24. The maximum Gasteiger partial charge on any atom is 0.251 e. The van der Waals surface area contributed by atoms with E-state index in [0.29, 0.717) is 12.1 Å². The van der Waals surface area contributed by atoms with Gasteiger partial charge in [-0.1, -0.05) is 6.92 Å². The first kappa shape index (κ1) is 18.5. The first-order valence-corrected chi connectivity index (χ1v) is 5.23. The monoisotopic (exact) mass is 279 g/mol. The van der Waals surface area contributed by atoms with Gasteiger partial charge in [0.15, 0.2) is 0 Å². The van der Waals surface area contributed by atoms with E-state index in [4.69, 9.17) is 0 Å². The second-order valence-electron chi connectivity index (χ2n) is 3.24. The number of carbonyl (C=O) groups is 1. The maximum absolute atomic E-state index is 11.5. The first-order valence-electron chi connectivity index (χ1n) is 5.23. The van der Waals surface area contributed by atoms with Gasteiger partial charge in [0.1, 0.15) is 0 Å². The second kappa shape index (κ2) is 11.6. The first-order chi connectivity index (χ1) is 7.34. The van der Waals surface area contributed by atoms with Crippen LogP contribution in [-0.2, 0) is 0 Å². The van der Waals surface area contributed by atoms with E-state index in [-0.39, 0.29) is 30.7 Å². The van der Waals surface area contributed by atoms with E-state index in [2.05, 4.69) is 22.5 Å². The maximum atomic E-state index is 11.5. The molecule has 0 fully saturated rings. The highest BCUT2D eigenvalue weighted by Gasteiger charge is 2.02. The predicted octanol–water partition coefficient (Wildman–Crippen LogP) is 1.65. The molecule has 17 heavy (non-hydrogen) atoms. The van der Waals surface area contributed by atoms with Gasteiger partial charge in [-0.2, -0.15) is 0 Å². The highest BCUT2D eigenvalue weighted by molar-refractivity contribution is 5.93. The van der Waals surface area contributed by atoms with Crippen LogP contribution in [0.5, 0.6) is 0 Å². The summed E-state index contributed by atoms with van der Waals surface area (Å²) in [5.74, 6) is -0.0456. The Kier molecular flexibility index (Phi) is 12.7. The molecular weight excluding hydrogens is 261 g/mol. The van der Waals surface area contributed by atoms with E-state index in [9.17, 15) is 4.79 Å². The minimum absolute atomic E-state index is 0. The van der Waals surface area contributed by atoms with Crippen molar-refractivity contribution in [2.45, 2.75) is 13.3 Å². The third-order valence-electron chi connectivity index (χ3n) is 1.96. The molecule has 0 aliphatic carbocycles. The zero-order valence-corrected chi connectivity index (χ0v) is 11.4. The largest absolute Gasteiger partial charge is 0.351 e. The summed E-state index contributed by atoms with van der Waals surface area (Å²) in [7, 11) is 0. The molecule has 0 aliphatic rings. The fourth-order valence-electron chi connectivity index (χ4n) is 1.17. The van der Waals surface area contributed by atoms with Crippen molar-refractivity contribution >= 4 is 30.7 Å². The molecule has 98 valence electrons. The third-order valence-corrected chi connectivity index (χ3v) is 1.96. The van der Waals surface area contributed by atoms with Gasteiger partial charge in [0, 0.05) is 31.0 Å². The van der Waals surface area contributed by atoms with Gasteiger partial charge in [0.25, 0.3) is 5.91 Å². The number of hydrogen-bond donors (Lipinski definition) is 2. The summed E-state index contributed by atoms with van der Waals surface area (Å²) in [5.41, 5.74) is 0.653. The lowest BCUT2D eigenvalue weighted by Gasteiger charge is -2.05. The topological polar surface area (TPSA) is 54.0 Å². The summed E-state index contributed by atoms with van der Waals surface area (Å²) in [4.78, 5) is 15.4. The quantitative estimate of drug-likeness (QED) is 0.779. The van der Waals surface area contributed by atoms with Crippen LogP contribution in [0.25, 0.3) is 0 Å². The van der Waals surface area contributed by atoms with Gasteiger partial charge < -0.3 is 10.6 Å².